The zero-order valence-corrected chi connectivity index (χ0v) is 10.8. The minimum Gasteiger partial charge on any atom is -0.459 e. The number of ether oxygens (including phenoxy) is 3. The molecule has 6 nitrogen and oxygen atoms in total. The van der Waals surface area contributed by atoms with Gasteiger partial charge in [0.05, 0.1) is 12.3 Å². The predicted octanol–water partition coefficient (Wildman–Crippen LogP) is 0.817. The fraction of sp³-hybridized carbons (Fsp3) is 0.583. The maximum Gasteiger partial charge on any atom is 0.355 e. The summed E-state index contributed by atoms with van der Waals surface area (Å²) < 4.78 is 16.8. The summed E-state index contributed by atoms with van der Waals surface area (Å²) in [6, 6.07) is 1.59. The van der Waals surface area contributed by atoms with Gasteiger partial charge in [0.1, 0.15) is 12.3 Å². The zero-order chi connectivity index (χ0) is 13.4. The second-order valence-corrected chi connectivity index (χ2v) is 3.86. The normalized spacial score (nSPS) is 10.6. The average Bonchev–Trinajstić information content (AvgIpc) is 2.67. The second-order valence-electron chi connectivity index (χ2n) is 3.86. The first-order chi connectivity index (χ1) is 8.65. The summed E-state index contributed by atoms with van der Waals surface area (Å²) in [5.74, 6) is -0.394. The van der Waals surface area contributed by atoms with Gasteiger partial charge >= 0.3 is 5.97 Å². The third kappa shape index (κ3) is 4.77. The lowest BCUT2D eigenvalue weighted by molar-refractivity contribution is 0.0279. The molecule has 1 aromatic rings. The van der Waals surface area contributed by atoms with Crippen molar-refractivity contribution in [1.29, 1.82) is 0 Å². The SMILES string of the molecule is COCCCOCCOC(=O)c1cc(N)cn1C. The van der Waals surface area contributed by atoms with E-state index in [1.165, 1.54) is 0 Å². The number of nitrogen functional groups attached to an aromatic ring is 1. The summed E-state index contributed by atoms with van der Waals surface area (Å²) in [6.07, 6.45) is 2.50. The molecule has 0 aromatic carbocycles. The van der Waals surface area contributed by atoms with Gasteiger partial charge in [-0.15, -0.1) is 0 Å². The molecule has 0 unspecified atom stereocenters. The molecule has 0 aliphatic heterocycles. The molecule has 6 heteroatoms. The lowest BCUT2D eigenvalue weighted by Crippen LogP contribution is -2.14. The molecule has 102 valence electrons. The van der Waals surface area contributed by atoms with Gasteiger partial charge in [-0.1, -0.05) is 0 Å². The van der Waals surface area contributed by atoms with E-state index in [-0.39, 0.29) is 6.61 Å². The molecule has 2 N–H and O–H groups in total. The monoisotopic (exact) mass is 256 g/mol. The highest BCUT2D eigenvalue weighted by atomic mass is 16.6. The Bertz CT molecular complexity index is 376. The molecule has 0 spiro atoms. The van der Waals surface area contributed by atoms with E-state index in [1.807, 2.05) is 0 Å². The van der Waals surface area contributed by atoms with Crippen LogP contribution < -0.4 is 5.73 Å². The van der Waals surface area contributed by atoms with Gasteiger partial charge < -0.3 is 24.5 Å². The standard InChI is InChI=1S/C12H20N2O4/c1-14-9-10(13)8-11(14)12(15)18-7-6-17-5-3-4-16-2/h8-9H,3-7,13H2,1-2H3. The number of hydrogen-bond donors (Lipinski definition) is 1. The molecule has 1 aromatic heterocycles. The first-order valence-electron chi connectivity index (χ1n) is 5.80. The van der Waals surface area contributed by atoms with Crippen LogP contribution in [0.1, 0.15) is 16.9 Å². The summed E-state index contributed by atoms with van der Waals surface area (Å²) in [6.45, 7) is 1.89. The lowest BCUT2D eigenvalue weighted by Gasteiger charge is -2.06. The molecular weight excluding hydrogens is 236 g/mol. The summed E-state index contributed by atoms with van der Waals surface area (Å²) in [5.41, 5.74) is 6.55. The minimum absolute atomic E-state index is 0.233. The van der Waals surface area contributed by atoms with Crippen LogP contribution in [0.4, 0.5) is 5.69 Å². The Balaban J connectivity index is 2.16. The molecule has 0 saturated carbocycles. The van der Waals surface area contributed by atoms with Gasteiger partial charge in [0.15, 0.2) is 0 Å². The van der Waals surface area contributed by atoms with E-state index >= 15 is 0 Å². The van der Waals surface area contributed by atoms with E-state index in [4.69, 9.17) is 19.9 Å². The fourth-order valence-corrected chi connectivity index (χ4v) is 1.47. The third-order valence-electron chi connectivity index (χ3n) is 2.33. The first kappa shape index (κ1) is 14.5. The van der Waals surface area contributed by atoms with Gasteiger partial charge in [0.2, 0.25) is 0 Å². The van der Waals surface area contributed by atoms with Crippen LogP contribution in [-0.2, 0) is 21.3 Å². The van der Waals surface area contributed by atoms with Crippen molar-refractivity contribution in [2.45, 2.75) is 6.42 Å². The highest BCUT2D eigenvalue weighted by Gasteiger charge is 2.11. The Morgan fingerprint density at radius 2 is 2.11 bits per heavy atom. The van der Waals surface area contributed by atoms with E-state index in [0.29, 0.717) is 31.2 Å². The van der Waals surface area contributed by atoms with E-state index in [9.17, 15) is 4.79 Å². The minimum atomic E-state index is -0.394. The lowest BCUT2D eigenvalue weighted by atomic mass is 10.4. The number of carbonyl (C=O) groups is 1. The van der Waals surface area contributed by atoms with E-state index in [1.54, 1.807) is 31.0 Å². The highest BCUT2D eigenvalue weighted by molar-refractivity contribution is 5.89. The number of hydrogen-bond acceptors (Lipinski definition) is 5. The van der Waals surface area contributed by atoms with Crippen LogP contribution in [0.3, 0.4) is 0 Å². The number of aromatic nitrogens is 1. The predicted molar refractivity (Wildman–Crippen MR) is 67.4 cm³/mol. The maximum atomic E-state index is 11.6. The fourth-order valence-electron chi connectivity index (χ4n) is 1.47. The van der Waals surface area contributed by atoms with Crippen molar-refractivity contribution in [2.24, 2.45) is 7.05 Å². The molecule has 0 bridgehead atoms. The van der Waals surface area contributed by atoms with Gasteiger partial charge in [-0.05, 0) is 12.5 Å². The Labute approximate surface area is 107 Å². The molecule has 0 aliphatic carbocycles. The summed E-state index contributed by atoms with van der Waals surface area (Å²) in [5, 5.41) is 0. The van der Waals surface area contributed by atoms with Crippen molar-refractivity contribution in [1.82, 2.24) is 4.57 Å². The van der Waals surface area contributed by atoms with Crippen LogP contribution in [0, 0.1) is 0 Å². The van der Waals surface area contributed by atoms with Crippen molar-refractivity contribution < 1.29 is 19.0 Å². The zero-order valence-electron chi connectivity index (χ0n) is 10.8. The van der Waals surface area contributed by atoms with Gasteiger partial charge in [0, 0.05) is 33.6 Å². The number of nitrogens with zero attached hydrogens (tertiary/aromatic N) is 1. The Morgan fingerprint density at radius 3 is 2.72 bits per heavy atom. The Morgan fingerprint density at radius 1 is 1.33 bits per heavy atom. The molecule has 0 amide bonds. The summed E-state index contributed by atoms with van der Waals surface area (Å²) in [4.78, 5) is 11.6. The van der Waals surface area contributed by atoms with Crippen molar-refractivity contribution in [3.63, 3.8) is 0 Å². The molecular formula is C12H20N2O4. The third-order valence-corrected chi connectivity index (χ3v) is 2.33. The van der Waals surface area contributed by atoms with E-state index in [0.717, 1.165) is 6.42 Å². The number of methoxy groups -OCH3 is 1. The second kappa shape index (κ2) is 7.73. The van der Waals surface area contributed by atoms with Crippen LogP contribution in [0.15, 0.2) is 12.3 Å². The van der Waals surface area contributed by atoms with Crippen LogP contribution in [0.5, 0.6) is 0 Å². The molecule has 18 heavy (non-hydrogen) atoms. The molecule has 1 heterocycles. The molecule has 0 radical (unpaired) electrons. The molecule has 0 fully saturated rings. The van der Waals surface area contributed by atoms with Crippen LogP contribution in [0.2, 0.25) is 0 Å². The number of aryl methyl sites for hydroxylation is 1. The summed E-state index contributed by atoms with van der Waals surface area (Å²) in [7, 11) is 3.39. The Kier molecular flexibility index (Phi) is 6.24. The maximum absolute atomic E-state index is 11.6. The van der Waals surface area contributed by atoms with Crippen LogP contribution >= 0.6 is 0 Å². The number of anilines is 1. The van der Waals surface area contributed by atoms with Crippen molar-refractivity contribution in [3.05, 3.63) is 18.0 Å². The smallest absolute Gasteiger partial charge is 0.355 e. The van der Waals surface area contributed by atoms with Crippen LogP contribution in [-0.4, -0.2) is 44.1 Å². The van der Waals surface area contributed by atoms with Crippen molar-refractivity contribution in [3.8, 4) is 0 Å². The number of nitrogens with two attached hydrogens (primary N) is 1. The topological polar surface area (TPSA) is 75.7 Å². The number of rotatable bonds is 8. The van der Waals surface area contributed by atoms with Crippen molar-refractivity contribution >= 4 is 11.7 Å². The first-order valence-corrected chi connectivity index (χ1v) is 5.80. The van der Waals surface area contributed by atoms with Crippen LogP contribution in [0.25, 0.3) is 0 Å². The van der Waals surface area contributed by atoms with Gasteiger partial charge in [-0.25, -0.2) is 4.79 Å². The average molecular weight is 256 g/mol. The molecule has 0 saturated heterocycles. The van der Waals surface area contributed by atoms with Gasteiger partial charge in [-0.3, -0.25) is 0 Å². The molecule has 0 aliphatic rings. The largest absolute Gasteiger partial charge is 0.459 e. The van der Waals surface area contributed by atoms with Gasteiger partial charge in [-0.2, -0.15) is 0 Å². The van der Waals surface area contributed by atoms with Crippen molar-refractivity contribution in [2.75, 3.05) is 39.3 Å². The highest BCUT2D eigenvalue weighted by Crippen LogP contribution is 2.09. The number of carbonyl (C=O) groups excluding carboxylic acids is 1. The van der Waals surface area contributed by atoms with E-state index in [2.05, 4.69) is 0 Å². The number of esters is 1. The quantitative estimate of drug-likeness (QED) is 0.550. The molecule has 0 atom stereocenters. The van der Waals surface area contributed by atoms with E-state index < -0.39 is 5.97 Å². The molecule has 1 rings (SSSR count). The summed E-state index contributed by atoms with van der Waals surface area (Å²) >= 11 is 0. The van der Waals surface area contributed by atoms with Gasteiger partial charge in [0.25, 0.3) is 0 Å². The Hall–Kier alpha value is -1.53.